The zero-order chi connectivity index (χ0) is 14.7. The number of fused-ring (bicyclic) bond motifs is 1. The first kappa shape index (κ1) is 14.9. The third-order valence-electron chi connectivity index (χ3n) is 4.18. The van der Waals surface area contributed by atoms with Gasteiger partial charge in [0, 0.05) is 16.5 Å². The summed E-state index contributed by atoms with van der Waals surface area (Å²) in [5, 5.41) is 4.57. The molecule has 0 bridgehead atoms. The Labute approximate surface area is 134 Å². The fourth-order valence-corrected chi connectivity index (χ4v) is 3.60. The molecular weight excluding hydrogens is 328 g/mol. The quantitative estimate of drug-likeness (QED) is 0.878. The summed E-state index contributed by atoms with van der Waals surface area (Å²) in [7, 11) is 2.00. The van der Waals surface area contributed by atoms with Gasteiger partial charge in [0.15, 0.2) is 0 Å². The fraction of sp³-hybridized carbons (Fsp3) is 0.471. The van der Waals surface area contributed by atoms with E-state index in [1.54, 1.807) is 0 Å². The van der Waals surface area contributed by atoms with E-state index in [-0.39, 0.29) is 6.04 Å². The van der Waals surface area contributed by atoms with Gasteiger partial charge in [0.2, 0.25) is 0 Å². The van der Waals surface area contributed by atoms with Crippen LogP contribution in [0, 0.1) is 0 Å². The number of nitrogens with one attached hydrogen (secondary N) is 1. The number of halogens is 1. The highest BCUT2D eigenvalue weighted by atomic mass is 79.9. The third-order valence-corrected chi connectivity index (χ3v) is 4.82. The highest BCUT2D eigenvalue weighted by Crippen LogP contribution is 2.29. The van der Waals surface area contributed by atoms with Crippen LogP contribution in [0.2, 0.25) is 0 Å². The molecule has 1 fully saturated rings. The van der Waals surface area contributed by atoms with E-state index in [4.69, 9.17) is 9.72 Å². The lowest BCUT2D eigenvalue weighted by Gasteiger charge is -2.19. The zero-order valence-electron chi connectivity index (χ0n) is 12.3. The van der Waals surface area contributed by atoms with Crippen molar-refractivity contribution in [3.63, 3.8) is 0 Å². The molecule has 1 aliphatic rings. The molecule has 1 aromatic carbocycles. The number of benzene rings is 1. The van der Waals surface area contributed by atoms with Crippen LogP contribution in [0.15, 0.2) is 34.8 Å². The van der Waals surface area contributed by atoms with E-state index in [9.17, 15) is 0 Å². The van der Waals surface area contributed by atoms with E-state index in [1.807, 2.05) is 19.2 Å². The van der Waals surface area contributed by atoms with Crippen LogP contribution in [0.5, 0.6) is 0 Å². The van der Waals surface area contributed by atoms with Crippen LogP contribution in [0.1, 0.15) is 37.4 Å². The molecular formula is C17H21BrN2O. The van der Waals surface area contributed by atoms with Gasteiger partial charge in [-0.3, -0.25) is 0 Å². The Balaban J connectivity index is 1.80. The van der Waals surface area contributed by atoms with Crippen LogP contribution >= 0.6 is 15.9 Å². The molecule has 112 valence electrons. The molecule has 2 aromatic rings. The SMILES string of the molecule is CNC(CCC1CCCO1)c1nc2ccccc2cc1Br. The maximum Gasteiger partial charge on any atom is 0.0722 e. The summed E-state index contributed by atoms with van der Waals surface area (Å²) < 4.78 is 6.80. The predicted octanol–water partition coefficient (Wildman–Crippen LogP) is 4.22. The Hall–Kier alpha value is -0.970. The highest BCUT2D eigenvalue weighted by Gasteiger charge is 2.20. The van der Waals surface area contributed by atoms with Gasteiger partial charge in [-0.1, -0.05) is 18.2 Å². The lowest BCUT2D eigenvalue weighted by Crippen LogP contribution is -2.20. The summed E-state index contributed by atoms with van der Waals surface area (Å²) in [4.78, 5) is 4.84. The van der Waals surface area contributed by atoms with Crippen LogP contribution in [0.25, 0.3) is 10.9 Å². The Morgan fingerprint density at radius 2 is 2.29 bits per heavy atom. The summed E-state index contributed by atoms with van der Waals surface area (Å²) in [6.45, 7) is 0.923. The van der Waals surface area contributed by atoms with Crippen LogP contribution in [-0.2, 0) is 4.74 Å². The van der Waals surface area contributed by atoms with Crippen LogP contribution in [-0.4, -0.2) is 24.7 Å². The van der Waals surface area contributed by atoms with Crippen LogP contribution in [0.3, 0.4) is 0 Å². The largest absolute Gasteiger partial charge is 0.378 e. The lowest BCUT2D eigenvalue weighted by atomic mass is 10.0. The normalized spacial score (nSPS) is 20.0. The number of aromatic nitrogens is 1. The molecule has 3 rings (SSSR count). The van der Waals surface area contributed by atoms with Gasteiger partial charge in [0.05, 0.1) is 23.4 Å². The van der Waals surface area contributed by atoms with Crippen LogP contribution in [0.4, 0.5) is 0 Å². The molecule has 0 saturated carbocycles. The third kappa shape index (κ3) is 3.44. The molecule has 4 heteroatoms. The van der Waals surface area contributed by atoms with Crippen molar-refractivity contribution in [2.75, 3.05) is 13.7 Å². The van der Waals surface area contributed by atoms with Crippen molar-refractivity contribution in [3.05, 3.63) is 40.5 Å². The number of pyridine rings is 1. The average molecular weight is 349 g/mol. The number of para-hydroxylation sites is 1. The number of ether oxygens (including phenoxy) is 1. The molecule has 2 heterocycles. The Kier molecular flexibility index (Phi) is 4.88. The molecule has 21 heavy (non-hydrogen) atoms. The van der Waals surface area contributed by atoms with Gasteiger partial charge in [-0.05, 0) is 60.8 Å². The smallest absolute Gasteiger partial charge is 0.0722 e. The molecule has 1 saturated heterocycles. The molecule has 0 aliphatic carbocycles. The van der Waals surface area contributed by atoms with Gasteiger partial charge in [-0.15, -0.1) is 0 Å². The van der Waals surface area contributed by atoms with Crippen molar-refractivity contribution in [2.24, 2.45) is 0 Å². The monoisotopic (exact) mass is 348 g/mol. The van der Waals surface area contributed by atoms with E-state index >= 15 is 0 Å². The van der Waals surface area contributed by atoms with Crippen molar-refractivity contribution in [1.82, 2.24) is 10.3 Å². The minimum atomic E-state index is 0.258. The van der Waals surface area contributed by atoms with Gasteiger partial charge >= 0.3 is 0 Å². The first-order valence-corrected chi connectivity index (χ1v) is 8.41. The first-order chi connectivity index (χ1) is 10.3. The van der Waals surface area contributed by atoms with Gasteiger partial charge in [0.1, 0.15) is 0 Å². The summed E-state index contributed by atoms with van der Waals surface area (Å²) in [6, 6.07) is 10.7. The Morgan fingerprint density at radius 3 is 3.05 bits per heavy atom. The molecule has 1 N–H and O–H groups in total. The molecule has 0 radical (unpaired) electrons. The molecule has 1 aromatic heterocycles. The van der Waals surface area contributed by atoms with Gasteiger partial charge in [0.25, 0.3) is 0 Å². The second-order valence-corrected chi connectivity index (χ2v) is 6.46. The Morgan fingerprint density at radius 1 is 1.43 bits per heavy atom. The number of nitrogens with zero attached hydrogens (tertiary/aromatic N) is 1. The van der Waals surface area contributed by atoms with E-state index < -0.39 is 0 Å². The minimum absolute atomic E-state index is 0.258. The lowest BCUT2D eigenvalue weighted by molar-refractivity contribution is 0.0997. The van der Waals surface area contributed by atoms with Crippen molar-refractivity contribution >= 4 is 26.8 Å². The molecule has 1 aliphatic heterocycles. The summed E-state index contributed by atoms with van der Waals surface area (Å²) in [5.74, 6) is 0. The predicted molar refractivity (Wildman–Crippen MR) is 89.5 cm³/mol. The maximum atomic E-state index is 5.72. The average Bonchev–Trinajstić information content (AvgIpc) is 3.01. The second kappa shape index (κ2) is 6.86. The summed E-state index contributed by atoms with van der Waals surface area (Å²) in [5.41, 5.74) is 2.14. The van der Waals surface area contributed by atoms with E-state index in [0.717, 1.165) is 35.1 Å². The van der Waals surface area contributed by atoms with Crippen LogP contribution < -0.4 is 5.32 Å². The Bertz CT molecular complexity index is 611. The minimum Gasteiger partial charge on any atom is -0.378 e. The number of hydrogen-bond acceptors (Lipinski definition) is 3. The number of rotatable bonds is 5. The van der Waals surface area contributed by atoms with Gasteiger partial charge in [-0.25, -0.2) is 4.98 Å². The maximum absolute atomic E-state index is 5.72. The van der Waals surface area contributed by atoms with Crippen molar-refractivity contribution in [3.8, 4) is 0 Å². The van der Waals surface area contributed by atoms with Crippen molar-refractivity contribution in [2.45, 2.75) is 37.8 Å². The molecule has 2 atom stereocenters. The van der Waals surface area contributed by atoms with E-state index in [0.29, 0.717) is 6.10 Å². The fourth-order valence-electron chi connectivity index (χ4n) is 2.99. The van der Waals surface area contributed by atoms with Crippen molar-refractivity contribution in [1.29, 1.82) is 0 Å². The second-order valence-electron chi connectivity index (χ2n) is 5.60. The first-order valence-electron chi connectivity index (χ1n) is 7.62. The van der Waals surface area contributed by atoms with E-state index in [1.165, 1.54) is 18.2 Å². The molecule has 2 unspecified atom stereocenters. The highest BCUT2D eigenvalue weighted by molar-refractivity contribution is 9.10. The molecule has 0 amide bonds. The van der Waals surface area contributed by atoms with Gasteiger partial charge in [-0.2, -0.15) is 0 Å². The topological polar surface area (TPSA) is 34.1 Å². The summed E-state index contributed by atoms with van der Waals surface area (Å²) >= 11 is 3.68. The standard InChI is InChI=1S/C17H21BrN2O/c1-19-16(9-8-13-6-4-10-21-13)17-14(18)11-12-5-2-3-7-15(12)20-17/h2-3,5,7,11,13,16,19H,4,6,8-10H2,1H3. The summed E-state index contributed by atoms with van der Waals surface area (Å²) in [6.07, 6.45) is 4.97. The van der Waals surface area contributed by atoms with E-state index in [2.05, 4.69) is 39.4 Å². The molecule has 3 nitrogen and oxygen atoms in total. The van der Waals surface area contributed by atoms with Gasteiger partial charge < -0.3 is 10.1 Å². The number of hydrogen-bond donors (Lipinski definition) is 1. The zero-order valence-corrected chi connectivity index (χ0v) is 13.9. The molecule has 0 spiro atoms. The van der Waals surface area contributed by atoms with Crippen molar-refractivity contribution < 1.29 is 4.74 Å².